The van der Waals surface area contributed by atoms with Gasteiger partial charge in [-0.3, -0.25) is 14.4 Å². The van der Waals surface area contributed by atoms with E-state index < -0.39 is 84.3 Å². The van der Waals surface area contributed by atoms with Crippen LogP contribution in [0.1, 0.15) is 174 Å². The van der Waals surface area contributed by atoms with Crippen molar-refractivity contribution in [3.05, 3.63) is 239 Å². The lowest BCUT2D eigenvalue weighted by molar-refractivity contribution is -0.139. The highest BCUT2D eigenvalue weighted by Gasteiger charge is 2.47. The van der Waals surface area contributed by atoms with Gasteiger partial charge < -0.3 is 86.1 Å². The first kappa shape index (κ1) is 91.0. The molecular weight excluding hydrogens is 1660 g/mol. The number of aromatic nitrogens is 8. The summed E-state index contributed by atoms with van der Waals surface area (Å²) in [4.78, 5) is 132. The lowest BCUT2D eigenvalue weighted by Gasteiger charge is -2.28. The maximum atomic E-state index is 16.6. The number of rotatable bonds is 24. The number of carbonyl (C=O) groups is 8. The Morgan fingerprint density at radius 2 is 0.814 bits per heavy atom. The minimum absolute atomic E-state index is 0.0316. The second-order valence-corrected chi connectivity index (χ2v) is 33.6. The van der Waals surface area contributed by atoms with Gasteiger partial charge in [-0.2, -0.15) is 17.6 Å². The predicted molar refractivity (Wildman–Crippen MR) is 476 cm³/mol. The fourth-order valence-corrected chi connectivity index (χ4v) is 16.8. The van der Waals surface area contributed by atoms with Gasteiger partial charge in [-0.25, -0.2) is 43.9 Å². The molecule has 16 rings (SSSR count). The number of aliphatic carboxylic acids is 1. The summed E-state index contributed by atoms with van der Waals surface area (Å²) in [6.45, 7) is 16.4. The number of benzene rings is 8. The monoisotopic (exact) mass is 1760 g/mol. The number of carboxylic acid groups (broad SMARTS) is 1. The molecule has 2 aliphatic carbocycles. The Labute approximate surface area is 740 Å². The molecule has 129 heavy (non-hydrogen) atoms. The third-order valence-corrected chi connectivity index (χ3v) is 23.7. The van der Waals surface area contributed by atoms with Crippen LogP contribution < -0.4 is 37.2 Å². The lowest BCUT2D eigenvalue weighted by Crippen LogP contribution is -2.51. The molecule has 0 spiro atoms. The molecule has 7 amide bonds. The number of halogens is 4. The highest BCUT2D eigenvalue weighted by Crippen LogP contribution is 2.55. The highest BCUT2D eigenvalue weighted by atomic mass is 19.3. The zero-order valence-corrected chi connectivity index (χ0v) is 73.1. The quantitative estimate of drug-likeness (QED) is 0.0197. The molecule has 0 unspecified atom stereocenters. The summed E-state index contributed by atoms with van der Waals surface area (Å²) in [5.74, 6) is -6.92. The van der Waals surface area contributed by atoms with Crippen molar-refractivity contribution in [1.29, 1.82) is 0 Å². The maximum Gasteiger partial charge on any atom is 0.407 e. The summed E-state index contributed by atoms with van der Waals surface area (Å²) in [5.41, 5.74) is 10.7. The van der Waals surface area contributed by atoms with E-state index in [0.29, 0.717) is 114 Å². The van der Waals surface area contributed by atoms with Crippen molar-refractivity contribution < 1.29 is 80.0 Å². The number of ether oxygens (including phenoxy) is 4. The van der Waals surface area contributed by atoms with E-state index >= 15 is 17.6 Å². The van der Waals surface area contributed by atoms with Crippen LogP contribution in [0.5, 0.6) is 0 Å². The molecule has 6 heterocycles. The Morgan fingerprint density at radius 1 is 0.434 bits per heavy atom. The Kier molecular flexibility index (Phi) is 27.2. The number of hydrogen-bond donors (Lipinski definition) is 12. The summed E-state index contributed by atoms with van der Waals surface area (Å²) >= 11 is 0. The Bertz CT molecular complexity index is 6160. The van der Waals surface area contributed by atoms with Crippen molar-refractivity contribution in [3.8, 4) is 67.0 Å². The maximum absolute atomic E-state index is 16.6. The van der Waals surface area contributed by atoms with E-state index in [0.717, 1.165) is 48.2 Å². The highest BCUT2D eigenvalue weighted by molar-refractivity contribution is 5.92. The average molecular weight is 1760 g/mol. The summed E-state index contributed by atoms with van der Waals surface area (Å²) in [6.07, 6.45) is 3.78. The third kappa shape index (κ3) is 19.4. The molecule has 33 heteroatoms. The van der Waals surface area contributed by atoms with E-state index in [1.807, 2.05) is 110 Å². The number of hydrogen-bond acceptors (Lipinski definition) is 17. The lowest BCUT2D eigenvalue weighted by atomic mass is 9.98. The first-order valence-electron chi connectivity index (χ1n) is 42.6. The fraction of sp³-hybridized carbons (Fsp3) is 0.333. The minimum Gasteiger partial charge on any atom is -0.479 e. The Hall–Kier alpha value is -14.2. The van der Waals surface area contributed by atoms with Crippen LogP contribution in [0.4, 0.5) is 36.7 Å². The number of carboxylic acids is 1. The molecule has 8 aromatic carbocycles. The zero-order valence-electron chi connectivity index (χ0n) is 73.1. The number of alkyl halides is 4. The van der Waals surface area contributed by atoms with Gasteiger partial charge in [0.05, 0.1) is 98.5 Å². The molecule has 0 saturated carbocycles. The van der Waals surface area contributed by atoms with Crippen molar-refractivity contribution >= 4 is 70.1 Å². The van der Waals surface area contributed by atoms with Gasteiger partial charge in [-0.1, -0.05) is 177 Å². The van der Waals surface area contributed by atoms with E-state index in [2.05, 4.69) is 76.6 Å². The molecule has 29 nitrogen and oxygen atoms in total. The zero-order chi connectivity index (χ0) is 92.0. The van der Waals surface area contributed by atoms with Crippen LogP contribution in [0.2, 0.25) is 0 Å². The van der Waals surface area contributed by atoms with Gasteiger partial charge >= 0.3 is 30.3 Å². The normalized spacial score (nSPS) is 16.3. The third-order valence-electron chi connectivity index (χ3n) is 23.7. The van der Waals surface area contributed by atoms with Gasteiger partial charge in [0.2, 0.25) is 11.8 Å². The van der Waals surface area contributed by atoms with E-state index in [1.54, 1.807) is 114 Å². The Morgan fingerprint density at radius 3 is 1.22 bits per heavy atom. The van der Waals surface area contributed by atoms with Crippen LogP contribution in [0.25, 0.3) is 89.1 Å². The molecule has 2 fully saturated rings. The van der Waals surface area contributed by atoms with Crippen molar-refractivity contribution in [2.75, 3.05) is 41.5 Å². The topological polar surface area (TPSA) is 396 Å². The number of methoxy groups -OCH3 is 4. The Balaban J connectivity index is 0.000000183. The van der Waals surface area contributed by atoms with Crippen LogP contribution >= 0.6 is 0 Å². The van der Waals surface area contributed by atoms with Crippen LogP contribution in [0, 0.1) is 23.7 Å². The molecule has 12 aromatic rings. The molecule has 12 N–H and O–H groups in total. The summed E-state index contributed by atoms with van der Waals surface area (Å²) in [6, 6.07) is 44.2. The molecule has 2 aliphatic heterocycles. The number of amides is 7. The molecule has 0 radical (unpaired) electrons. The number of nitrogens with zero attached hydrogens (tertiary/aromatic N) is 5. The van der Waals surface area contributed by atoms with Crippen LogP contribution in [0.15, 0.2) is 182 Å². The first-order valence-corrected chi connectivity index (χ1v) is 42.6. The van der Waals surface area contributed by atoms with E-state index in [1.165, 1.54) is 46.6 Å². The van der Waals surface area contributed by atoms with Gasteiger partial charge in [0.15, 0.2) is 6.04 Å². The average Bonchev–Trinajstić information content (AvgIpc) is 1.57. The van der Waals surface area contributed by atoms with E-state index in [4.69, 9.17) is 24.5 Å². The van der Waals surface area contributed by atoms with Gasteiger partial charge in [-0.15, -0.1) is 0 Å². The van der Waals surface area contributed by atoms with Crippen LogP contribution in [-0.4, -0.2) is 152 Å². The van der Waals surface area contributed by atoms with Crippen molar-refractivity contribution in [3.63, 3.8) is 0 Å². The van der Waals surface area contributed by atoms with Crippen molar-refractivity contribution in [2.24, 2.45) is 23.7 Å². The number of carbonyl (C=O) groups excluding carboxylic acids is 7. The number of aromatic amines is 4. The SMILES string of the molecule is COC(=O)N[C@@H](C(=O)O)c1ccccc1.COC(=O)N[C@H](C(=O)N[C@H](c1ncc(-c2ccc3c(c2)C(F)(F)c2cc(-c4ccc5nc([C@@H]6CCCN6)[nH]c5c4)ccc2-3)[nH]1)C(C)C)C(C)C.COC(=O)N[C@H](C(=O)N[C@H](c1ncc(-c2ccc3c(c2)C(F)(F)c2cc(-c4ccc5nc([C@@H]6CCCN6C(=O)[C@H](NC(=O)OC)c6ccccc6)[nH]c5c4)ccc2-3)[nH]1)C(C)C)C(C)C. The fourth-order valence-electron chi connectivity index (χ4n) is 16.8. The largest absolute Gasteiger partial charge is 0.479 e. The summed E-state index contributed by atoms with van der Waals surface area (Å²) in [7, 11) is 4.90. The molecule has 672 valence electrons. The van der Waals surface area contributed by atoms with Gasteiger partial charge in [-0.05, 0) is 160 Å². The minimum atomic E-state index is -3.31. The van der Waals surface area contributed by atoms with Crippen molar-refractivity contribution in [2.45, 2.75) is 141 Å². The van der Waals surface area contributed by atoms with Gasteiger partial charge in [0, 0.05) is 39.9 Å². The van der Waals surface area contributed by atoms with E-state index in [-0.39, 0.29) is 69.8 Å². The number of H-pyrrole nitrogens is 4. The first-order chi connectivity index (χ1) is 61.8. The number of nitrogens with one attached hydrogen (secondary N) is 11. The van der Waals surface area contributed by atoms with Crippen LogP contribution in [-0.2, 0) is 50.0 Å². The predicted octanol–water partition coefficient (Wildman–Crippen LogP) is 17.2. The number of likely N-dealkylation sites (tertiary alicyclic amines) is 1. The van der Waals surface area contributed by atoms with Crippen LogP contribution in [0.3, 0.4) is 0 Å². The smallest absolute Gasteiger partial charge is 0.407 e. The number of imidazole rings is 4. The standard InChI is InChI=1S/C48H50F2N8O6.C38H41F2N7O3.C10H11NO4/c1-25(2)39(55-44(59)40(26(3)4)56-46(61)63-5)43-51-24-37(54-43)30-15-18-32-31-17-14-28(21-33(31)48(49,50)34(32)22-30)29-16-19-35-36(23-29)53-42(52-35)38-13-10-20-58(38)45(60)41(57-47(62)64-6)27-11-8-7-9-12-27;1-19(2)32(46-36(48)33(20(3)4)47-37(49)50-5)35-42-18-31(45-35)23-9-12-25-24-11-8-21(15-26(24)38(39,40)27(25)16-23)22-10-13-28-30(17-22)44-34(43-28)29-7-6-14-41-29;1-15-10(14)11-8(9(12)13)7-5-3-2-4-6-7/h7-9,11-12,14-19,21-26,38-41H,10,13,20H2,1-6H3,(H,51,54)(H,52,53)(H,55,59)(H,56,61)(H,57,62);8-13,15-20,29,32-33,41H,6-7,14H2,1-5H3,(H,42,45)(H,43,44)(H,46,48)(H,47,49);2-6,8H,1H3,(H,11,14)(H,12,13)/t38-,39-,40-,41+;29-,32-,33-;8-/m001/s1. The molecule has 4 aliphatic rings. The van der Waals surface area contributed by atoms with Crippen molar-refractivity contribution in [1.82, 2.24) is 82.0 Å². The molecular formula is C96H102F4N16O13. The molecule has 8 atom stereocenters. The molecule has 0 bridgehead atoms. The second-order valence-electron chi connectivity index (χ2n) is 33.6. The van der Waals surface area contributed by atoms with Gasteiger partial charge in [0.25, 0.3) is 17.8 Å². The summed E-state index contributed by atoms with van der Waals surface area (Å²) < 4.78 is 84.2. The van der Waals surface area contributed by atoms with Gasteiger partial charge in [0.1, 0.15) is 41.4 Å². The molecule has 2 saturated heterocycles. The second kappa shape index (κ2) is 38.5. The number of fused-ring (bicyclic) bond motifs is 8. The molecule has 4 aromatic heterocycles. The van der Waals surface area contributed by atoms with E-state index in [9.17, 15) is 38.4 Å². The number of alkyl carbamates (subject to hydrolysis) is 4. The summed E-state index contributed by atoms with van der Waals surface area (Å²) in [5, 5.41) is 28.4.